The average Bonchev–Trinajstić information content (AvgIpc) is 3.24. The van der Waals surface area contributed by atoms with Crippen LogP contribution in [0.5, 0.6) is 0 Å². The van der Waals surface area contributed by atoms with Crippen LogP contribution >= 0.6 is 0 Å². The van der Waals surface area contributed by atoms with E-state index in [1.807, 2.05) is 4.90 Å². The molecule has 3 heterocycles. The Hall–Kier alpha value is -2.14. The molecule has 1 aromatic heterocycles. The number of aromatic nitrogens is 2. The Bertz CT molecular complexity index is 682. The quantitative estimate of drug-likeness (QED) is 0.887. The first kappa shape index (κ1) is 13.5. The molecule has 2 aliphatic rings. The highest BCUT2D eigenvalue weighted by Crippen LogP contribution is 2.43. The molecule has 2 aliphatic heterocycles. The van der Waals surface area contributed by atoms with E-state index in [1.54, 1.807) is 12.5 Å². The number of benzene rings is 1. The number of aromatic amines is 1. The normalized spacial score (nSPS) is 27.1. The van der Waals surface area contributed by atoms with Crippen LogP contribution in [0, 0.1) is 18.8 Å². The van der Waals surface area contributed by atoms with E-state index < -0.39 is 0 Å². The summed E-state index contributed by atoms with van der Waals surface area (Å²) < 4.78 is 0. The van der Waals surface area contributed by atoms with Gasteiger partial charge in [0.2, 0.25) is 0 Å². The molecule has 0 aliphatic carbocycles. The van der Waals surface area contributed by atoms with E-state index in [0.717, 1.165) is 19.6 Å². The molecular formula is C17H20N4O. The number of amides is 1. The molecule has 0 unspecified atom stereocenters. The predicted molar refractivity (Wildman–Crippen MR) is 83.4 cm³/mol. The number of carbonyl (C=O) groups excluding carboxylic acids is 1. The Morgan fingerprint density at radius 3 is 2.95 bits per heavy atom. The van der Waals surface area contributed by atoms with Crippen LogP contribution in [0.25, 0.3) is 0 Å². The van der Waals surface area contributed by atoms with Crippen LogP contribution in [0.4, 0.5) is 0 Å². The van der Waals surface area contributed by atoms with Gasteiger partial charge in [0.1, 0.15) is 5.69 Å². The summed E-state index contributed by atoms with van der Waals surface area (Å²) in [6.07, 6.45) is 3.18. The summed E-state index contributed by atoms with van der Waals surface area (Å²) >= 11 is 0. The summed E-state index contributed by atoms with van der Waals surface area (Å²) in [4.78, 5) is 21.8. The number of imidazole rings is 1. The molecule has 0 radical (unpaired) electrons. The molecule has 0 spiro atoms. The lowest BCUT2D eigenvalue weighted by atomic mass is 9.87. The minimum absolute atomic E-state index is 0.0557. The second-order valence-corrected chi connectivity index (χ2v) is 6.31. The van der Waals surface area contributed by atoms with Gasteiger partial charge in [-0.25, -0.2) is 4.98 Å². The van der Waals surface area contributed by atoms with Crippen molar-refractivity contribution in [3.05, 3.63) is 53.6 Å². The highest BCUT2D eigenvalue weighted by atomic mass is 16.2. The molecule has 2 saturated heterocycles. The third-order valence-electron chi connectivity index (χ3n) is 5.06. The van der Waals surface area contributed by atoms with Crippen molar-refractivity contribution in [2.24, 2.45) is 11.8 Å². The Morgan fingerprint density at radius 2 is 2.18 bits per heavy atom. The number of hydrogen-bond acceptors (Lipinski definition) is 3. The molecule has 3 atom stereocenters. The number of nitrogens with one attached hydrogen (secondary N) is 2. The van der Waals surface area contributed by atoms with Crippen molar-refractivity contribution in [1.82, 2.24) is 20.2 Å². The van der Waals surface area contributed by atoms with E-state index in [4.69, 9.17) is 0 Å². The van der Waals surface area contributed by atoms with Gasteiger partial charge in [-0.1, -0.05) is 24.3 Å². The maximum absolute atomic E-state index is 12.9. The zero-order valence-corrected chi connectivity index (χ0v) is 12.6. The first-order valence-corrected chi connectivity index (χ1v) is 7.81. The molecule has 22 heavy (non-hydrogen) atoms. The molecule has 114 valence electrons. The van der Waals surface area contributed by atoms with Gasteiger partial charge < -0.3 is 15.2 Å². The van der Waals surface area contributed by atoms with Gasteiger partial charge in [-0.2, -0.15) is 0 Å². The first-order chi connectivity index (χ1) is 10.8. The van der Waals surface area contributed by atoms with Crippen LogP contribution in [0.1, 0.15) is 27.7 Å². The molecular weight excluding hydrogens is 276 g/mol. The van der Waals surface area contributed by atoms with Crippen molar-refractivity contribution in [3.63, 3.8) is 0 Å². The Morgan fingerprint density at radius 1 is 1.32 bits per heavy atom. The standard InChI is InChI=1S/C17H20N4O/c1-11-4-2-3-5-13(11)16-14-7-18-6-12(14)9-21(16)17(22)15-8-19-10-20-15/h2-5,8,10,12,14,16,18H,6-7,9H2,1H3,(H,19,20)/t12-,14-,16+/m0/s1. The van der Waals surface area contributed by atoms with Crippen molar-refractivity contribution in [2.75, 3.05) is 19.6 Å². The number of fused-ring (bicyclic) bond motifs is 1. The second-order valence-electron chi connectivity index (χ2n) is 6.31. The third-order valence-corrected chi connectivity index (χ3v) is 5.06. The van der Waals surface area contributed by atoms with Gasteiger partial charge in [-0.3, -0.25) is 4.79 Å². The maximum Gasteiger partial charge on any atom is 0.272 e. The van der Waals surface area contributed by atoms with Crippen molar-refractivity contribution in [3.8, 4) is 0 Å². The highest BCUT2D eigenvalue weighted by Gasteiger charge is 2.47. The van der Waals surface area contributed by atoms with E-state index in [0.29, 0.717) is 17.5 Å². The van der Waals surface area contributed by atoms with Crippen molar-refractivity contribution >= 4 is 5.91 Å². The summed E-state index contributed by atoms with van der Waals surface area (Å²) in [5, 5.41) is 3.48. The predicted octanol–water partition coefficient (Wildman–Crippen LogP) is 1.75. The van der Waals surface area contributed by atoms with Crippen molar-refractivity contribution < 1.29 is 4.79 Å². The van der Waals surface area contributed by atoms with Crippen LogP contribution in [-0.2, 0) is 0 Å². The number of H-pyrrole nitrogens is 1. The average molecular weight is 296 g/mol. The van der Waals surface area contributed by atoms with Gasteiger partial charge in [0.15, 0.2) is 0 Å². The first-order valence-electron chi connectivity index (χ1n) is 7.81. The van der Waals surface area contributed by atoms with Gasteiger partial charge in [0, 0.05) is 25.6 Å². The number of likely N-dealkylation sites (tertiary alicyclic amines) is 1. The van der Waals surface area contributed by atoms with E-state index in [-0.39, 0.29) is 11.9 Å². The second kappa shape index (κ2) is 5.25. The fraction of sp³-hybridized carbons (Fsp3) is 0.412. The van der Waals surface area contributed by atoms with Gasteiger partial charge in [-0.15, -0.1) is 0 Å². The Kier molecular flexibility index (Phi) is 3.22. The number of nitrogens with zero attached hydrogens (tertiary/aromatic N) is 2. The summed E-state index contributed by atoms with van der Waals surface area (Å²) in [5.41, 5.74) is 3.10. The lowest BCUT2D eigenvalue weighted by molar-refractivity contribution is 0.0708. The van der Waals surface area contributed by atoms with Crippen LogP contribution in [0.2, 0.25) is 0 Å². The fourth-order valence-corrected chi connectivity index (χ4v) is 3.97. The van der Waals surface area contributed by atoms with E-state index in [2.05, 4.69) is 46.5 Å². The molecule has 5 heteroatoms. The molecule has 5 nitrogen and oxygen atoms in total. The van der Waals surface area contributed by atoms with Gasteiger partial charge in [-0.05, 0) is 24.0 Å². The Labute approximate surface area is 129 Å². The third kappa shape index (κ3) is 2.04. The van der Waals surface area contributed by atoms with E-state index in [9.17, 15) is 4.79 Å². The highest BCUT2D eigenvalue weighted by molar-refractivity contribution is 5.92. The molecule has 4 rings (SSSR count). The van der Waals surface area contributed by atoms with Crippen LogP contribution < -0.4 is 5.32 Å². The molecule has 2 N–H and O–H groups in total. The summed E-state index contributed by atoms with van der Waals surface area (Å²) in [5.74, 6) is 1.09. The van der Waals surface area contributed by atoms with E-state index >= 15 is 0 Å². The minimum atomic E-state index is 0.0557. The van der Waals surface area contributed by atoms with Gasteiger partial charge in [0.05, 0.1) is 18.6 Å². The van der Waals surface area contributed by atoms with Gasteiger partial charge in [0.25, 0.3) is 5.91 Å². The van der Waals surface area contributed by atoms with Crippen LogP contribution in [0.3, 0.4) is 0 Å². The van der Waals surface area contributed by atoms with Crippen molar-refractivity contribution in [1.29, 1.82) is 0 Å². The monoisotopic (exact) mass is 296 g/mol. The topological polar surface area (TPSA) is 61.0 Å². The lowest BCUT2D eigenvalue weighted by Crippen LogP contribution is -2.35. The smallest absolute Gasteiger partial charge is 0.272 e. The molecule has 1 aromatic carbocycles. The van der Waals surface area contributed by atoms with Crippen LogP contribution in [0.15, 0.2) is 36.8 Å². The van der Waals surface area contributed by atoms with Crippen molar-refractivity contribution in [2.45, 2.75) is 13.0 Å². The number of rotatable bonds is 2. The lowest BCUT2D eigenvalue weighted by Gasteiger charge is -2.29. The van der Waals surface area contributed by atoms with E-state index in [1.165, 1.54) is 11.1 Å². The zero-order valence-electron chi connectivity index (χ0n) is 12.6. The number of carbonyl (C=O) groups is 1. The number of aryl methyl sites for hydroxylation is 1. The van der Waals surface area contributed by atoms with Crippen LogP contribution in [-0.4, -0.2) is 40.4 Å². The summed E-state index contributed by atoms with van der Waals surface area (Å²) in [6, 6.07) is 8.56. The minimum Gasteiger partial charge on any atom is -0.341 e. The Balaban J connectivity index is 1.74. The molecule has 2 aromatic rings. The summed E-state index contributed by atoms with van der Waals surface area (Å²) in [6.45, 7) is 4.93. The van der Waals surface area contributed by atoms with Gasteiger partial charge >= 0.3 is 0 Å². The SMILES string of the molecule is Cc1ccccc1[C@@H]1[C@H]2CNC[C@H]2CN1C(=O)c1cnc[nH]1. The summed E-state index contributed by atoms with van der Waals surface area (Å²) in [7, 11) is 0. The molecule has 2 fully saturated rings. The molecule has 1 amide bonds. The number of hydrogen-bond donors (Lipinski definition) is 2. The largest absolute Gasteiger partial charge is 0.341 e. The maximum atomic E-state index is 12.9. The molecule has 0 saturated carbocycles. The molecule has 0 bridgehead atoms. The zero-order chi connectivity index (χ0) is 15.1. The fourth-order valence-electron chi connectivity index (χ4n) is 3.97.